The van der Waals surface area contributed by atoms with E-state index in [1.807, 2.05) is 158 Å². The largest absolute Gasteiger partial charge is 1.00 e. The van der Waals surface area contributed by atoms with Crippen LogP contribution in [0.3, 0.4) is 0 Å². The first-order chi connectivity index (χ1) is 35.2. The summed E-state index contributed by atoms with van der Waals surface area (Å²) in [6.45, 7) is 0. The number of benzene rings is 8. The van der Waals surface area contributed by atoms with Crippen LogP contribution in [-0.4, -0.2) is 28.7 Å². The molecule has 0 saturated heterocycles. The van der Waals surface area contributed by atoms with Crippen molar-refractivity contribution in [2.45, 2.75) is 0 Å². The first-order valence-electron chi connectivity index (χ1n) is 22.1. The van der Waals surface area contributed by atoms with Crippen molar-refractivity contribution in [2.24, 2.45) is 0 Å². The molecule has 0 aliphatic heterocycles. The average Bonchev–Trinajstić information content (AvgIpc) is 4.02. The molecule has 0 spiro atoms. The van der Waals surface area contributed by atoms with Gasteiger partial charge in [0.25, 0.3) is 0 Å². The Morgan fingerprint density at radius 2 is 0.795 bits per heavy atom. The first-order valence-corrected chi connectivity index (χ1v) is 62.3. The van der Waals surface area contributed by atoms with Crippen LogP contribution >= 0.6 is 113 Å². The van der Waals surface area contributed by atoms with Gasteiger partial charge >= 0.3 is 104 Å². The molecule has 0 radical (unpaired) electrons. The minimum atomic E-state index is -3.04. The van der Waals surface area contributed by atoms with Crippen molar-refractivity contribution in [3.05, 3.63) is 235 Å². The Kier molecular flexibility index (Phi) is 20.0. The molecule has 0 aliphatic rings. The van der Waals surface area contributed by atoms with E-state index in [0.29, 0.717) is 24.8 Å². The van der Waals surface area contributed by atoms with Crippen molar-refractivity contribution in [1.82, 2.24) is 28.7 Å². The molecular weight excluding hydrogens is 1900 g/mol. The van der Waals surface area contributed by atoms with Gasteiger partial charge in [-0.25, -0.2) is 19.9 Å². The Labute approximate surface area is 504 Å². The maximum absolute atomic E-state index is 14.8. The standard InChI is InChI=1S/C34H24N3OP.C22H14BrN3.I7.HI/c38-39(27-14-6-2-7-15-27,28-16-8-3-9-17-28)29-22-20-25(21-23-29)31-24-33(26-12-4-1-5-13-26)37-32-19-11-10-18-30(32)35-34(37)36-31;23-17-12-10-15(11-13-17)19-14-21(16-6-2-1-3-7-16)26-20-9-5-4-8-18(20)24-22(26)25-19;1-5-7(4)6(2)3;/h1-24H;1-14H;;1H/q;;-1;/p-1. The molecule has 0 unspecified atom stereocenters. The predicted molar refractivity (Wildman–Crippen MR) is 354 cm³/mol. The fourth-order valence-corrected chi connectivity index (χ4v) is 221. The molecule has 12 aromatic rings. The third-order valence-electron chi connectivity index (χ3n) is 11.7. The molecule has 7 nitrogen and oxygen atoms in total. The Bertz CT molecular complexity index is 3800. The second-order valence-electron chi connectivity index (χ2n) is 16.0. The number of hydrogen-bond acceptors (Lipinski definition) is 5. The summed E-state index contributed by atoms with van der Waals surface area (Å²) in [4.78, 5) is 19.4. The van der Waals surface area contributed by atoms with Gasteiger partial charge in [-0.1, -0.05) is 198 Å². The van der Waals surface area contributed by atoms with Crippen molar-refractivity contribution < 1.29 is 41.8 Å². The average molecular weight is 1940 g/mol. The Balaban J connectivity index is 0.000000166. The van der Waals surface area contributed by atoms with Crippen LogP contribution in [-0.2, 0) is 4.57 Å². The summed E-state index contributed by atoms with van der Waals surface area (Å²) in [6, 6.07) is 76.9. The molecule has 0 aliphatic carbocycles. The zero-order valence-corrected chi connectivity index (χ0v) is 57.6. The molecule has 0 amide bonds. The van der Waals surface area contributed by atoms with Gasteiger partial charge in [0.1, 0.15) is 0 Å². The van der Waals surface area contributed by atoms with Crippen molar-refractivity contribution in [1.29, 1.82) is 0 Å². The van der Waals surface area contributed by atoms with Crippen LogP contribution in [0.15, 0.2) is 235 Å². The molecule has 0 fully saturated rings. The van der Waals surface area contributed by atoms with Crippen molar-refractivity contribution in [3.63, 3.8) is 0 Å². The fraction of sp³-hybridized carbons (Fsp3) is 0. The summed E-state index contributed by atoms with van der Waals surface area (Å²) in [5.74, 6) is 1.36. The molecule has 0 bridgehead atoms. The second kappa shape index (κ2) is 26.1. The molecule has 8 aromatic carbocycles. The fourth-order valence-electron chi connectivity index (χ4n) is 8.46. The number of hydrogen-bond donors (Lipinski definition) is 0. The van der Waals surface area contributed by atoms with Gasteiger partial charge in [-0.2, -0.15) is 0 Å². The molecular formula is C56H38BrI8N6OP-2. The monoisotopic (exact) mass is 1940 g/mol. The number of aromatic nitrogens is 6. The SMILES string of the molecule is Brc1ccc(-c2cc(-c3ccccc3)n3c(n2)nc2ccccc23)cc1.I[I-]I(I)I(I)I.O=P(c1ccccc1)(c1ccccc1)c1ccc(-c2cc(-c3ccccc3)n3c(n2)nc2ccccc23)cc1.[I-]. The van der Waals surface area contributed by atoms with Gasteiger partial charge < -0.3 is 28.5 Å². The van der Waals surface area contributed by atoms with E-state index >= 15 is 0 Å². The quantitative estimate of drug-likeness (QED) is 0.106. The summed E-state index contributed by atoms with van der Waals surface area (Å²) in [6.07, 6.45) is 0. The van der Waals surface area contributed by atoms with E-state index in [4.69, 9.17) is 19.9 Å². The molecule has 4 heterocycles. The van der Waals surface area contributed by atoms with Crippen LogP contribution < -0.4 is 53.1 Å². The van der Waals surface area contributed by atoms with Gasteiger partial charge in [0.05, 0.1) is 44.8 Å². The van der Waals surface area contributed by atoms with Crippen LogP contribution in [0.5, 0.6) is 0 Å². The topological polar surface area (TPSA) is 77.5 Å². The van der Waals surface area contributed by atoms with Gasteiger partial charge in [-0.05, 0) is 59.7 Å². The maximum atomic E-state index is 14.8. The summed E-state index contributed by atoms with van der Waals surface area (Å²) in [7, 11) is -3.53. The Morgan fingerprint density at radius 1 is 0.438 bits per heavy atom. The first kappa shape index (κ1) is 55.8. The summed E-state index contributed by atoms with van der Waals surface area (Å²) >= 11 is 14.9. The van der Waals surface area contributed by atoms with Gasteiger partial charge in [0, 0.05) is 31.5 Å². The van der Waals surface area contributed by atoms with Crippen LogP contribution in [0.2, 0.25) is 0 Å². The van der Waals surface area contributed by atoms with E-state index in [-0.39, 0.29) is 39.8 Å². The number of halogens is 9. The number of nitrogens with zero attached hydrogens (tertiary/aromatic N) is 6. The van der Waals surface area contributed by atoms with Gasteiger partial charge in [-0.15, -0.1) is 0 Å². The molecule has 73 heavy (non-hydrogen) atoms. The van der Waals surface area contributed by atoms with Crippen LogP contribution in [0.1, 0.15) is 0 Å². The molecule has 12 rings (SSSR count). The Morgan fingerprint density at radius 3 is 1.18 bits per heavy atom. The van der Waals surface area contributed by atoms with Crippen molar-refractivity contribution >= 4 is 163 Å². The molecule has 0 N–H and O–H groups in total. The van der Waals surface area contributed by atoms with E-state index in [9.17, 15) is 4.57 Å². The van der Waals surface area contributed by atoms with Gasteiger partial charge in [-0.3, -0.25) is 8.80 Å². The van der Waals surface area contributed by atoms with Crippen LogP contribution in [0.4, 0.5) is 0 Å². The third kappa shape index (κ3) is 12.7. The van der Waals surface area contributed by atoms with E-state index in [1.54, 1.807) is 0 Å². The molecule has 4 aromatic heterocycles. The zero-order chi connectivity index (χ0) is 49.6. The smallest absolute Gasteiger partial charge is 0.235 e. The van der Waals surface area contributed by atoms with E-state index in [1.165, 1.54) is 0 Å². The normalized spacial score (nSPS) is 11.6. The number of fused-ring (bicyclic) bond motifs is 6. The summed E-state index contributed by atoms with van der Waals surface area (Å²) in [5.41, 5.74) is 12.0. The number of para-hydroxylation sites is 4. The van der Waals surface area contributed by atoms with E-state index in [0.717, 1.165) is 87.5 Å². The molecule has 17 heteroatoms. The third-order valence-corrected chi connectivity index (χ3v) is 263. The second-order valence-corrected chi connectivity index (χ2v) is 133. The summed E-state index contributed by atoms with van der Waals surface area (Å²) < 4.78 is 20.0. The van der Waals surface area contributed by atoms with Crippen molar-refractivity contribution in [2.75, 3.05) is 0 Å². The summed E-state index contributed by atoms with van der Waals surface area (Å²) in [5, 5.41) is 2.43. The van der Waals surface area contributed by atoms with Gasteiger partial charge in [0.2, 0.25) is 11.6 Å². The number of imidazole rings is 2. The van der Waals surface area contributed by atoms with Crippen LogP contribution in [0.25, 0.3) is 78.7 Å². The molecule has 0 atom stereocenters. The molecule has 0 saturated carbocycles. The molecule has 368 valence electrons. The van der Waals surface area contributed by atoms with Gasteiger partial charge in [0.15, 0.2) is 7.14 Å². The Hall–Kier alpha value is -1.93. The predicted octanol–water partition coefficient (Wildman–Crippen LogP) is 12.2. The maximum Gasteiger partial charge on any atom is 0.235 e. The van der Waals surface area contributed by atoms with Crippen LogP contribution in [0, 0.1) is 0 Å². The van der Waals surface area contributed by atoms with E-state index in [2.05, 4.69) is 172 Å². The number of rotatable bonds is 9. The van der Waals surface area contributed by atoms with E-state index < -0.39 is 7.14 Å². The zero-order valence-electron chi connectivity index (χ0n) is 37.9. The minimum absolute atomic E-state index is 0. The minimum Gasteiger partial charge on any atom is -1.00 e. The van der Waals surface area contributed by atoms with Crippen molar-refractivity contribution in [3.8, 4) is 45.0 Å².